The van der Waals surface area contributed by atoms with Crippen LogP contribution in [0.25, 0.3) is 0 Å². The molecule has 0 aromatic rings. The summed E-state index contributed by atoms with van der Waals surface area (Å²) < 4.78 is 10.4. The van der Waals surface area contributed by atoms with E-state index in [0.29, 0.717) is 6.42 Å². The molecule has 0 aromatic carbocycles. The molecule has 0 aliphatic heterocycles. The monoisotopic (exact) mass is 188 g/mol. The number of hydrogen-bond acceptors (Lipinski definition) is 3. The van der Waals surface area contributed by atoms with Gasteiger partial charge in [-0.2, -0.15) is 0 Å². The zero-order valence-corrected chi connectivity index (χ0v) is 9.22. The van der Waals surface area contributed by atoms with Crippen molar-refractivity contribution in [3.05, 3.63) is 0 Å². The van der Waals surface area contributed by atoms with Crippen LogP contribution in [0.4, 0.5) is 0 Å². The molecular weight excluding hydrogens is 168 g/mol. The Morgan fingerprint density at radius 2 is 1.92 bits per heavy atom. The lowest BCUT2D eigenvalue weighted by Crippen LogP contribution is -2.28. The summed E-state index contributed by atoms with van der Waals surface area (Å²) in [5, 5.41) is 0. The number of carbonyl (C=O) groups is 1. The maximum absolute atomic E-state index is 11.0. The summed E-state index contributed by atoms with van der Waals surface area (Å²) in [7, 11) is 0. The Labute approximate surface area is 80.4 Å². The van der Waals surface area contributed by atoms with Gasteiger partial charge in [0.25, 0.3) is 0 Å². The van der Waals surface area contributed by atoms with Crippen molar-refractivity contribution in [2.75, 3.05) is 0 Å². The van der Waals surface area contributed by atoms with Gasteiger partial charge in [0.05, 0.1) is 5.60 Å². The third-order valence-electron chi connectivity index (χ3n) is 1.27. The molecule has 0 heterocycles. The summed E-state index contributed by atoms with van der Waals surface area (Å²) >= 11 is 0. The molecule has 0 aliphatic carbocycles. The minimum absolute atomic E-state index is 0.195. The van der Waals surface area contributed by atoms with Crippen LogP contribution in [0.5, 0.6) is 0 Å². The summed E-state index contributed by atoms with van der Waals surface area (Å²) in [6, 6.07) is 0. The predicted octanol–water partition coefficient (Wildman–Crippen LogP) is 2.49. The van der Waals surface area contributed by atoms with E-state index in [-0.39, 0.29) is 11.6 Å². The molecule has 13 heavy (non-hydrogen) atoms. The van der Waals surface area contributed by atoms with Crippen LogP contribution in [-0.4, -0.2) is 17.9 Å². The SMILES string of the molecule is CCCC(=O)OC(C)OC(C)(C)C. The zero-order valence-electron chi connectivity index (χ0n) is 9.22. The molecule has 0 fully saturated rings. The summed E-state index contributed by atoms with van der Waals surface area (Å²) in [6.07, 6.45) is 0.804. The van der Waals surface area contributed by atoms with Gasteiger partial charge < -0.3 is 9.47 Å². The fourth-order valence-corrected chi connectivity index (χ4v) is 0.970. The molecule has 0 saturated heterocycles. The topological polar surface area (TPSA) is 35.5 Å². The molecule has 3 heteroatoms. The second kappa shape index (κ2) is 5.22. The van der Waals surface area contributed by atoms with Gasteiger partial charge in [-0.25, -0.2) is 0 Å². The molecule has 0 saturated carbocycles. The first-order valence-corrected chi connectivity index (χ1v) is 4.72. The fourth-order valence-electron chi connectivity index (χ4n) is 0.970. The van der Waals surface area contributed by atoms with Crippen molar-refractivity contribution >= 4 is 5.97 Å². The number of carbonyl (C=O) groups excluding carboxylic acids is 1. The Hall–Kier alpha value is -0.570. The number of hydrogen-bond donors (Lipinski definition) is 0. The van der Waals surface area contributed by atoms with Gasteiger partial charge in [0, 0.05) is 6.42 Å². The first-order chi connectivity index (χ1) is 5.85. The smallest absolute Gasteiger partial charge is 0.308 e. The maximum atomic E-state index is 11.0. The van der Waals surface area contributed by atoms with Crippen molar-refractivity contribution < 1.29 is 14.3 Å². The van der Waals surface area contributed by atoms with E-state index in [1.807, 2.05) is 27.7 Å². The van der Waals surface area contributed by atoms with Gasteiger partial charge in [-0.05, 0) is 34.1 Å². The van der Waals surface area contributed by atoms with E-state index in [0.717, 1.165) is 6.42 Å². The summed E-state index contributed by atoms with van der Waals surface area (Å²) in [5.74, 6) is -0.195. The van der Waals surface area contributed by atoms with E-state index >= 15 is 0 Å². The first-order valence-electron chi connectivity index (χ1n) is 4.72. The standard InChI is InChI=1S/C10H20O3/c1-6-7-9(11)12-8(2)13-10(3,4)5/h8H,6-7H2,1-5H3. The van der Waals surface area contributed by atoms with Crippen LogP contribution in [0.3, 0.4) is 0 Å². The molecule has 0 spiro atoms. The van der Waals surface area contributed by atoms with Crippen LogP contribution in [0, 0.1) is 0 Å². The molecule has 0 radical (unpaired) electrons. The van der Waals surface area contributed by atoms with Crippen molar-refractivity contribution in [2.45, 2.75) is 59.4 Å². The Bertz CT molecular complexity index is 158. The van der Waals surface area contributed by atoms with Crippen LogP contribution in [0.1, 0.15) is 47.5 Å². The molecule has 1 atom stereocenters. The average Bonchev–Trinajstić information content (AvgIpc) is 1.81. The Morgan fingerprint density at radius 3 is 2.31 bits per heavy atom. The van der Waals surface area contributed by atoms with Crippen LogP contribution in [0.2, 0.25) is 0 Å². The molecule has 1 unspecified atom stereocenters. The van der Waals surface area contributed by atoms with Crippen molar-refractivity contribution in [3.8, 4) is 0 Å². The van der Waals surface area contributed by atoms with E-state index in [1.54, 1.807) is 6.92 Å². The quantitative estimate of drug-likeness (QED) is 0.502. The highest BCUT2D eigenvalue weighted by atomic mass is 16.7. The van der Waals surface area contributed by atoms with Gasteiger partial charge in [-0.1, -0.05) is 6.92 Å². The van der Waals surface area contributed by atoms with E-state index in [1.165, 1.54) is 0 Å². The second-order valence-corrected chi connectivity index (χ2v) is 4.04. The van der Waals surface area contributed by atoms with E-state index in [2.05, 4.69) is 0 Å². The number of ether oxygens (including phenoxy) is 2. The second-order valence-electron chi connectivity index (χ2n) is 4.04. The number of esters is 1. The van der Waals surface area contributed by atoms with E-state index in [4.69, 9.17) is 9.47 Å². The lowest BCUT2D eigenvalue weighted by atomic mass is 10.2. The van der Waals surface area contributed by atoms with Crippen LogP contribution < -0.4 is 0 Å². The molecule has 0 N–H and O–H groups in total. The van der Waals surface area contributed by atoms with Crippen LogP contribution in [-0.2, 0) is 14.3 Å². The summed E-state index contributed by atoms with van der Waals surface area (Å²) in [4.78, 5) is 11.0. The normalized spacial score (nSPS) is 13.9. The highest BCUT2D eigenvalue weighted by molar-refractivity contribution is 5.69. The molecular formula is C10H20O3. The zero-order chi connectivity index (χ0) is 10.5. The molecule has 0 amide bonds. The van der Waals surface area contributed by atoms with Gasteiger partial charge in [-0.3, -0.25) is 4.79 Å². The van der Waals surface area contributed by atoms with Gasteiger partial charge in [0.1, 0.15) is 0 Å². The van der Waals surface area contributed by atoms with Gasteiger partial charge in [0.2, 0.25) is 6.29 Å². The van der Waals surface area contributed by atoms with Gasteiger partial charge in [-0.15, -0.1) is 0 Å². The van der Waals surface area contributed by atoms with Gasteiger partial charge in [0.15, 0.2) is 0 Å². The molecule has 0 aromatic heterocycles. The lowest BCUT2D eigenvalue weighted by Gasteiger charge is -2.24. The lowest BCUT2D eigenvalue weighted by molar-refractivity contribution is -0.196. The molecule has 0 rings (SSSR count). The first kappa shape index (κ1) is 12.4. The minimum Gasteiger partial charge on any atom is -0.436 e. The molecule has 0 bridgehead atoms. The Morgan fingerprint density at radius 1 is 1.38 bits per heavy atom. The minimum atomic E-state index is -0.459. The number of rotatable bonds is 4. The summed E-state index contributed by atoms with van der Waals surface area (Å²) in [6.45, 7) is 9.46. The van der Waals surface area contributed by atoms with Crippen molar-refractivity contribution in [3.63, 3.8) is 0 Å². The van der Waals surface area contributed by atoms with Crippen molar-refractivity contribution in [1.29, 1.82) is 0 Å². The summed E-state index contributed by atoms with van der Waals surface area (Å²) in [5.41, 5.74) is -0.272. The van der Waals surface area contributed by atoms with Crippen molar-refractivity contribution in [2.24, 2.45) is 0 Å². The third-order valence-corrected chi connectivity index (χ3v) is 1.27. The Balaban J connectivity index is 3.74. The Kier molecular flexibility index (Phi) is 4.99. The van der Waals surface area contributed by atoms with E-state index in [9.17, 15) is 4.79 Å². The van der Waals surface area contributed by atoms with Crippen LogP contribution in [0.15, 0.2) is 0 Å². The predicted molar refractivity (Wildman–Crippen MR) is 51.3 cm³/mol. The largest absolute Gasteiger partial charge is 0.436 e. The molecule has 78 valence electrons. The van der Waals surface area contributed by atoms with Gasteiger partial charge >= 0.3 is 5.97 Å². The fraction of sp³-hybridized carbons (Fsp3) is 0.900. The molecule has 3 nitrogen and oxygen atoms in total. The highest BCUT2D eigenvalue weighted by Gasteiger charge is 2.17. The van der Waals surface area contributed by atoms with E-state index < -0.39 is 6.29 Å². The van der Waals surface area contributed by atoms with Crippen LogP contribution >= 0.6 is 0 Å². The average molecular weight is 188 g/mol. The highest BCUT2D eigenvalue weighted by Crippen LogP contribution is 2.11. The van der Waals surface area contributed by atoms with Crippen molar-refractivity contribution in [1.82, 2.24) is 0 Å². The third kappa shape index (κ3) is 7.78. The maximum Gasteiger partial charge on any atom is 0.308 e. The molecule has 0 aliphatic rings.